The summed E-state index contributed by atoms with van der Waals surface area (Å²) in [4.78, 5) is 13.1. The quantitative estimate of drug-likeness (QED) is 0.704. The molecule has 7 heteroatoms. The van der Waals surface area contributed by atoms with Gasteiger partial charge in [0.05, 0.1) is 11.3 Å². The molecule has 3 rings (SSSR count). The summed E-state index contributed by atoms with van der Waals surface area (Å²) in [6, 6.07) is 15.8. The fraction of sp³-hybridized carbons (Fsp3) is 0.0625. The molecule has 0 atom stereocenters. The van der Waals surface area contributed by atoms with Crippen LogP contribution in [0.15, 0.2) is 59.5 Å². The zero-order valence-electron chi connectivity index (χ0n) is 11.9. The van der Waals surface area contributed by atoms with Crippen LogP contribution >= 0.6 is 23.1 Å². The van der Waals surface area contributed by atoms with E-state index in [2.05, 4.69) is 15.5 Å². The minimum atomic E-state index is -0.561. The van der Waals surface area contributed by atoms with Gasteiger partial charge in [-0.05, 0) is 24.3 Å². The van der Waals surface area contributed by atoms with Crippen molar-refractivity contribution in [1.29, 1.82) is 0 Å². The minimum absolute atomic E-state index is 0.0112. The van der Waals surface area contributed by atoms with Crippen molar-refractivity contribution in [2.75, 3.05) is 5.32 Å². The summed E-state index contributed by atoms with van der Waals surface area (Å²) >= 11 is 2.92. The Kier molecular flexibility index (Phi) is 4.99. The number of benzene rings is 2. The van der Waals surface area contributed by atoms with E-state index in [1.807, 2.05) is 30.3 Å². The number of nitrogens with one attached hydrogen (secondary N) is 1. The van der Waals surface area contributed by atoms with Gasteiger partial charge in [0, 0.05) is 4.90 Å². The summed E-state index contributed by atoms with van der Waals surface area (Å²) in [5, 5.41) is 11.7. The Bertz CT molecular complexity index is 808. The summed E-state index contributed by atoms with van der Waals surface area (Å²) in [5.74, 6) is -0.423. The number of amides is 1. The van der Waals surface area contributed by atoms with Gasteiger partial charge < -0.3 is 0 Å². The van der Waals surface area contributed by atoms with Crippen molar-refractivity contribution in [1.82, 2.24) is 10.2 Å². The van der Waals surface area contributed by atoms with Crippen molar-refractivity contribution >= 4 is 34.1 Å². The predicted molar refractivity (Wildman–Crippen MR) is 90.3 cm³/mol. The third kappa shape index (κ3) is 4.14. The molecule has 0 aliphatic heterocycles. The van der Waals surface area contributed by atoms with E-state index in [9.17, 15) is 9.18 Å². The Labute approximate surface area is 140 Å². The molecule has 0 bridgehead atoms. The average Bonchev–Trinajstić information content (AvgIpc) is 3.02. The lowest BCUT2D eigenvalue weighted by Gasteiger charge is -2.01. The van der Waals surface area contributed by atoms with Crippen LogP contribution < -0.4 is 5.32 Å². The van der Waals surface area contributed by atoms with Crippen molar-refractivity contribution in [2.45, 2.75) is 10.6 Å². The Morgan fingerprint density at radius 1 is 1.09 bits per heavy atom. The van der Waals surface area contributed by atoms with Crippen LogP contribution in [-0.2, 0) is 5.75 Å². The zero-order chi connectivity index (χ0) is 16.1. The molecule has 0 fully saturated rings. The lowest BCUT2D eigenvalue weighted by Crippen LogP contribution is -2.13. The molecule has 2 aromatic carbocycles. The number of nitrogens with zero attached hydrogens (tertiary/aromatic N) is 2. The number of aromatic nitrogens is 2. The Balaban J connectivity index is 1.61. The topological polar surface area (TPSA) is 54.9 Å². The van der Waals surface area contributed by atoms with Gasteiger partial charge >= 0.3 is 0 Å². The molecule has 0 radical (unpaired) electrons. The van der Waals surface area contributed by atoms with Crippen LogP contribution in [-0.4, -0.2) is 16.1 Å². The molecule has 0 aliphatic carbocycles. The van der Waals surface area contributed by atoms with Gasteiger partial charge in [0.15, 0.2) is 0 Å². The number of hydrogen-bond acceptors (Lipinski definition) is 5. The monoisotopic (exact) mass is 345 g/mol. The van der Waals surface area contributed by atoms with E-state index < -0.39 is 11.7 Å². The predicted octanol–water partition coefficient (Wildman–Crippen LogP) is 4.22. The van der Waals surface area contributed by atoms with Crippen molar-refractivity contribution in [3.63, 3.8) is 0 Å². The number of anilines is 1. The third-order valence-electron chi connectivity index (χ3n) is 2.91. The largest absolute Gasteiger partial charge is 0.296 e. The highest BCUT2D eigenvalue weighted by atomic mass is 32.2. The molecule has 0 aliphatic rings. The van der Waals surface area contributed by atoms with Crippen molar-refractivity contribution in [3.05, 3.63) is 71.0 Å². The zero-order valence-corrected chi connectivity index (χ0v) is 13.5. The molecule has 1 aromatic heterocycles. The first kappa shape index (κ1) is 15.6. The Morgan fingerprint density at radius 2 is 1.83 bits per heavy atom. The highest BCUT2D eigenvalue weighted by Gasteiger charge is 2.13. The molecular weight excluding hydrogens is 333 g/mol. The van der Waals surface area contributed by atoms with Crippen LogP contribution in [0.5, 0.6) is 0 Å². The van der Waals surface area contributed by atoms with Gasteiger partial charge in [0.1, 0.15) is 10.8 Å². The number of hydrogen-bond donors (Lipinski definition) is 1. The first-order chi connectivity index (χ1) is 11.2. The van der Waals surface area contributed by atoms with Crippen LogP contribution in [0.2, 0.25) is 0 Å². The summed E-state index contributed by atoms with van der Waals surface area (Å²) in [5.41, 5.74) is -0.0112. The molecule has 1 amide bonds. The normalized spacial score (nSPS) is 10.5. The second kappa shape index (κ2) is 7.34. The summed E-state index contributed by atoms with van der Waals surface area (Å²) in [6.07, 6.45) is 0. The average molecular weight is 345 g/mol. The lowest BCUT2D eigenvalue weighted by atomic mass is 10.2. The highest BCUT2D eigenvalue weighted by Crippen LogP contribution is 2.25. The number of carbonyl (C=O) groups excluding carboxylic acids is 1. The minimum Gasteiger partial charge on any atom is -0.296 e. The fourth-order valence-corrected chi connectivity index (χ4v) is 3.47. The summed E-state index contributed by atoms with van der Waals surface area (Å²) in [6.45, 7) is 0. The number of halogens is 1. The first-order valence-corrected chi connectivity index (χ1v) is 8.59. The molecule has 0 unspecified atom stereocenters. The van der Waals surface area contributed by atoms with Gasteiger partial charge in [-0.1, -0.05) is 41.7 Å². The van der Waals surface area contributed by atoms with Crippen molar-refractivity contribution in [3.8, 4) is 0 Å². The molecular formula is C16H12FN3OS2. The molecule has 0 saturated carbocycles. The van der Waals surface area contributed by atoms with Crippen LogP contribution in [0.1, 0.15) is 15.4 Å². The Hall–Kier alpha value is -2.25. The molecule has 3 aromatic rings. The van der Waals surface area contributed by atoms with E-state index >= 15 is 0 Å². The van der Waals surface area contributed by atoms with Gasteiger partial charge in [-0.3, -0.25) is 10.1 Å². The number of rotatable bonds is 5. The standard InChI is InChI=1S/C16H12FN3OS2/c17-13-9-5-4-8-12(13)15(21)18-16-20-19-14(23-16)10-22-11-6-2-1-3-7-11/h1-9H,10H2,(H,18,20,21). The molecule has 0 spiro atoms. The second-order valence-electron chi connectivity index (χ2n) is 4.54. The van der Waals surface area contributed by atoms with E-state index in [0.717, 1.165) is 9.90 Å². The number of carbonyl (C=O) groups is 1. The van der Waals surface area contributed by atoms with Gasteiger partial charge in [-0.2, -0.15) is 0 Å². The third-order valence-corrected chi connectivity index (χ3v) is 4.96. The van der Waals surface area contributed by atoms with Gasteiger partial charge in [0.25, 0.3) is 5.91 Å². The van der Waals surface area contributed by atoms with Crippen LogP contribution in [0.4, 0.5) is 9.52 Å². The van der Waals surface area contributed by atoms with Crippen LogP contribution in [0.3, 0.4) is 0 Å². The summed E-state index contributed by atoms with van der Waals surface area (Å²) in [7, 11) is 0. The molecule has 116 valence electrons. The summed E-state index contributed by atoms with van der Waals surface area (Å²) < 4.78 is 13.6. The van der Waals surface area contributed by atoms with Gasteiger partial charge in [0.2, 0.25) is 5.13 Å². The van der Waals surface area contributed by atoms with E-state index in [4.69, 9.17) is 0 Å². The van der Waals surface area contributed by atoms with Crippen LogP contribution in [0, 0.1) is 5.82 Å². The molecule has 23 heavy (non-hydrogen) atoms. The fourth-order valence-electron chi connectivity index (χ4n) is 1.83. The molecule has 4 nitrogen and oxygen atoms in total. The Morgan fingerprint density at radius 3 is 2.61 bits per heavy atom. The maximum Gasteiger partial charge on any atom is 0.260 e. The van der Waals surface area contributed by atoms with Crippen molar-refractivity contribution in [2.24, 2.45) is 0 Å². The van der Waals surface area contributed by atoms with Gasteiger partial charge in [-0.25, -0.2) is 4.39 Å². The lowest BCUT2D eigenvalue weighted by molar-refractivity contribution is 0.102. The SMILES string of the molecule is O=C(Nc1nnc(CSc2ccccc2)s1)c1ccccc1F. The smallest absolute Gasteiger partial charge is 0.260 e. The molecule has 1 heterocycles. The van der Waals surface area contributed by atoms with Crippen LogP contribution in [0.25, 0.3) is 0 Å². The van der Waals surface area contributed by atoms with E-state index in [-0.39, 0.29) is 5.56 Å². The van der Waals surface area contributed by atoms with E-state index in [1.54, 1.807) is 17.8 Å². The maximum atomic E-state index is 13.6. The van der Waals surface area contributed by atoms with E-state index in [1.165, 1.54) is 29.5 Å². The molecule has 0 saturated heterocycles. The van der Waals surface area contributed by atoms with Gasteiger partial charge in [-0.15, -0.1) is 22.0 Å². The maximum absolute atomic E-state index is 13.6. The molecule has 1 N–H and O–H groups in total. The highest BCUT2D eigenvalue weighted by molar-refractivity contribution is 7.98. The van der Waals surface area contributed by atoms with E-state index in [0.29, 0.717) is 10.9 Å². The first-order valence-electron chi connectivity index (χ1n) is 6.78. The number of thioether (sulfide) groups is 1. The second-order valence-corrected chi connectivity index (χ2v) is 6.65. The van der Waals surface area contributed by atoms with Crippen molar-refractivity contribution < 1.29 is 9.18 Å².